The van der Waals surface area contributed by atoms with Crippen LogP contribution < -0.4 is 5.46 Å². The summed E-state index contributed by atoms with van der Waals surface area (Å²) in [4.78, 5) is 15.3. The van der Waals surface area contributed by atoms with Crippen molar-refractivity contribution < 1.29 is 23.6 Å². The lowest BCUT2D eigenvalue weighted by atomic mass is 9.60. The van der Waals surface area contributed by atoms with E-state index in [0.717, 1.165) is 32.1 Å². The number of halogens is 2. The van der Waals surface area contributed by atoms with Crippen LogP contribution in [-0.4, -0.2) is 40.7 Å². The highest BCUT2D eigenvalue weighted by atomic mass is 19.2. The van der Waals surface area contributed by atoms with Crippen LogP contribution in [0.5, 0.6) is 0 Å². The van der Waals surface area contributed by atoms with Gasteiger partial charge in [0.25, 0.3) is 0 Å². The summed E-state index contributed by atoms with van der Waals surface area (Å²) in [5, 5.41) is 18.9. The van der Waals surface area contributed by atoms with E-state index in [1.807, 2.05) is 0 Å². The Bertz CT molecular complexity index is 861. The van der Waals surface area contributed by atoms with Gasteiger partial charge < -0.3 is 14.9 Å². The number of fused-ring (bicyclic) bond motifs is 1. The number of hydrogen-bond donors (Lipinski definition) is 2. The van der Waals surface area contributed by atoms with Crippen LogP contribution >= 0.6 is 0 Å². The Morgan fingerprint density at radius 3 is 2.41 bits per heavy atom. The second-order valence-corrected chi connectivity index (χ2v) is 8.21. The third kappa shape index (κ3) is 2.97. The summed E-state index contributed by atoms with van der Waals surface area (Å²) < 4.78 is 29.2. The second-order valence-electron chi connectivity index (χ2n) is 8.21. The largest absolute Gasteiger partial charge is 0.488 e. The van der Waals surface area contributed by atoms with Crippen molar-refractivity contribution >= 4 is 18.5 Å². The molecule has 0 radical (unpaired) electrons. The summed E-state index contributed by atoms with van der Waals surface area (Å²) in [6.45, 7) is 2.05. The van der Waals surface area contributed by atoms with Crippen LogP contribution in [0.3, 0.4) is 0 Å². The van der Waals surface area contributed by atoms with Gasteiger partial charge in [-0.15, -0.1) is 0 Å². The van der Waals surface area contributed by atoms with E-state index in [0.29, 0.717) is 16.6 Å². The number of benzene rings is 1. The van der Waals surface area contributed by atoms with Gasteiger partial charge >= 0.3 is 7.12 Å². The second kappa shape index (κ2) is 7.69. The van der Waals surface area contributed by atoms with Gasteiger partial charge in [-0.25, -0.2) is 8.78 Å². The first-order valence-electron chi connectivity index (χ1n) is 10.5. The Morgan fingerprint density at radius 2 is 1.83 bits per heavy atom. The lowest BCUT2D eigenvalue weighted by molar-refractivity contribution is -0.133. The molecule has 1 saturated carbocycles. The summed E-state index contributed by atoms with van der Waals surface area (Å²) >= 11 is 0. The number of likely N-dealkylation sites (N-methyl/N-ethyl adjacent to an activating group) is 1. The van der Waals surface area contributed by atoms with E-state index in [-0.39, 0.29) is 30.5 Å². The Labute approximate surface area is 170 Å². The first kappa shape index (κ1) is 20.3. The van der Waals surface area contributed by atoms with E-state index in [1.54, 1.807) is 37.3 Å². The van der Waals surface area contributed by atoms with Crippen molar-refractivity contribution in [1.29, 1.82) is 0 Å². The summed E-state index contributed by atoms with van der Waals surface area (Å²) in [6.07, 6.45) is 4.72. The third-order valence-corrected chi connectivity index (χ3v) is 6.76. The van der Waals surface area contributed by atoms with Gasteiger partial charge in [-0.2, -0.15) is 0 Å². The molecule has 3 aliphatic rings. The standard InChI is InChI=1S/C22H26BF2NO3/c1-2-26-20-17(12-13-18(24)19(20)25)22(21(26)27,14-6-4-3-5-7-14)15-8-10-16(11-9-15)23(28)29/h8-12,14,18,28-29H,2-7,13H2,1H3/t18?,22-/m1/s1. The zero-order valence-electron chi connectivity index (χ0n) is 16.6. The lowest BCUT2D eigenvalue weighted by Gasteiger charge is -2.40. The summed E-state index contributed by atoms with van der Waals surface area (Å²) in [5.74, 6) is -1.05. The SMILES string of the molecule is CCN1C(=O)[C@@](c2ccc(B(O)O)cc2)(C2CCCCC2)C2=CCC(F)C(F)=C21. The van der Waals surface area contributed by atoms with E-state index in [4.69, 9.17) is 0 Å². The Hall–Kier alpha value is -1.99. The maximum atomic E-state index is 14.9. The lowest BCUT2D eigenvalue weighted by Crippen LogP contribution is -2.45. The van der Waals surface area contributed by atoms with Gasteiger partial charge in [0.2, 0.25) is 5.91 Å². The smallest absolute Gasteiger partial charge is 0.423 e. The molecule has 2 N–H and O–H groups in total. The van der Waals surface area contributed by atoms with E-state index < -0.39 is 24.5 Å². The molecule has 1 unspecified atom stereocenters. The van der Waals surface area contributed by atoms with Crippen molar-refractivity contribution in [3.8, 4) is 0 Å². The van der Waals surface area contributed by atoms with Crippen molar-refractivity contribution in [1.82, 2.24) is 4.90 Å². The van der Waals surface area contributed by atoms with Gasteiger partial charge in [-0.1, -0.05) is 49.6 Å². The van der Waals surface area contributed by atoms with E-state index in [2.05, 4.69) is 0 Å². The molecule has 154 valence electrons. The molecule has 1 amide bonds. The Kier molecular flexibility index (Phi) is 5.38. The van der Waals surface area contributed by atoms with Crippen LogP contribution in [0.4, 0.5) is 8.78 Å². The van der Waals surface area contributed by atoms with E-state index in [1.165, 1.54) is 4.90 Å². The van der Waals surface area contributed by atoms with Gasteiger partial charge in [0.05, 0.1) is 5.70 Å². The zero-order chi connectivity index (χ0) is 20.8. The highest BCUT2D eigenvalue weighted by molar-refractivity contribution is 6.58. The van der Waals surface area contributed by atoms with Gasteiger partial charge in [0.1, 0.15) is 5.41 Å². The maximum Gasteiger partial charge on any atom is 0.488 e. The normalized spacial score (nSPS) is 27.9. The molecule has 2 atom stereocenters. The number of carbonyl (C=O) groups excluding carboxylic acids is 1. The molecular weight excluding hydrogens is 375 g/mol. The summed E-state index contributed by atoms with van der Waals surface area (Å²) in [7, 11) is -1.60. The third-order valence-electron chi connectivity index (χ3n) is 6.76. The number of carbonyl (C=O) groups is 1. The molecule has 0 aromatic heterocycles. The van der Waals surface area contributed by atoms with Crippen molar-refractivity contribution in [3.63, 3.8) is 0 Å². The highest BCUT2D eigenvalue weighted by Crippen LogP contribution is 2.56. The molecular formula is C22H26BF2NO3. The number of alkyl halides is 1. The van der Waals surface area contributed by atoms with Crippen molar-refractivity contribution in [2.75, 3.05) is 6.54 Å². The minimum Gasteiger partial charge on any atom is -0.423 e. The zero-order valence-corrected chi connectivity index (χ0v) is 16.6. The molecule has 4 nitrogen and oxygen atoms in total. The average Bonchev–Trinajstić information content (AvgIpc) is 3.00. The molecule has 2 aliphatic carbocycles. The average molecular weight is 401 g/mol. The Balaban J connectivity index is 1.94. The molecule has 2 fully saturated rings. The topological polar surface area (TPSA) is 60.8 Å². The Morgan fingerprint density at radius 1 is 1.17 bits per heavy atom. The number of allylic oxidation sites excluding steroid dienone is 3. The summed E-state index contributed by atoms with van der Waals surface area (Å²) in [5.41, 5.74) is 0.674. The van der Waals surface area contributed by atoms with Crippen LogP contribution in [0.2, 0.25) is 0 Å². The molecule has 29 heavy (non-hydrogen) atoms. The fraction of sp³-hybridized carbons (Fsp3) is 0.500. The number of likely N-dealkylation sites (tertiary alicyclic amines) is 1. The van der Waals surface area contributed by atoms with Crippen molar-refractivity contribution in [2.24, 2.45) is 5.92 Å². The maximum absolute atomic E-state index is 14.9. The summed E-state index contributed by atoms with van der Waals surface area (Å²) in [6, 6.07) is 6.65. The molecule has 1 heterocycles. The predicted octanol–water partition coefficient (Wildman–Crippen LogP) is 2.90. The van der Waals surface area contributed by atoms with Crippen molar-refractivity contribution in [2.45, 2.75) is 57.0 Å². The fourth-order valence-corrected chi connectivity index (χ4v) is 5.41. The minimum atomic E-state index is -1.72. The van der Waals surface area contributed by atoms with Gasteiger partial charge in [0.15, 0.2) is 12.0 Å². The quantitative estimate of drug-likeness (QED) is 0.763. The predicted molar refractivity (Wildman–Crippen MR) is 108 cm³/mol. The first-order chi connectivity index (χ1) is 13.9. The van der Waals surface area contributed by atoms with Crippen LogP contribution in [0, 0.1) is 5.92 Å². The number of nitrogens with zero attached hydrogens (tertiary/aromatic N) is 1. The number of rotatable bonds is 4. The monoisotopic (exact) mass is 401 g/mol. The van der Waals surface area contributed by atoms with E-state index in [9.17, 15) is 23.6 Å². The molecule has 1 aromatic rings. The van der Waals surface area contributed by atoms with E-state index >= 15 is 0 Å². The minimum absolute atomic E-state index is 0.00425. The fourth-order valence-electron chi connectivity index (χ4n) is 5.41. The van der Waals surface area contributed by atoms with Crippen LogP contribution in [-0.2, 0) is 10.2 Å². The molecule has 0 bridgehead atoms. The molecule has 4 rings (SSSR count). The van der Waals surface area contributed by atoms with Crippen molar-refractivity contribution in [3.05, 3.63) is 53.0 Å². The highest BCUT2D eigenvalue weighted by Gasteiger charge is 2.59. The molecule has 1 saturated heterocycles. The number of hydrogen-bond acceptors (Lipinski definition) is 3. The van der Waals surface area contributed by atoms with Gasteiger partial charge in [-0.3, -0.25) is 4.79 Å². The molecule has 0 spiro atoms. The number of amides is 1. The van der Waals surface area contributed by atoms with Crippen LogP contribution in [0.1, 0.15) is 51.0 Å². The molecule has 7 heteroatoms. The molecule has 1 aliphatic heterocycles. The van der Waals surface area contributed by atoms with Crippen LogP contribution in [0.25, 0.3) is 0 Å². The van der Waals surface area contributed by atoms with Crippen LogP contribution in [0.15, 0.2) is 47.4 Å². The molecule has 1 aromatic carbocycles. The van der Waals surface area contributed by atoms with Gasteiger partial charge in [0, 0.05) is 13.0 Å². The van der Waals surface area contributed by atoms with Gasteiger partial charge in [-0.05, 0) is 42.3 Å². The first-order valence-corrected chi connectivity index (χ1v) is 10.5.